The van der Waals surface area contributed by atoms with Gasteiger partial charge in [-0.05, 0) is 24.8 Å². The summed E-state index contributed by atoms with van der Waals surface area (Å²) in [6, 6.07) is 5.64. The van der Waals surface area contributed by atoms with E-state index in [9.17, 15) is 20.0 Å². The van der Waals surface area contributed by atoms with E-state index < -0.39 is 4.92 Å². The highest BCUT2D eigenvalue weighted by molar-refractivity contribution is 5.75. The van der Waals surface area contributed by atoms with Crippen molar-refractivity contribution < 1.29 is 14.8 Å². The van der Waals surface area contributed by atoms with Crippen LogP contribution in [0.3, 0.4) is 0 Å². The van der Waals surface area contributed by atoms with Gasteiger partial charge in [0.1, 0.15) is 0 Å². The molecular weight excluding hydrogens is 310 g/mol. The molecule has 3 atom stereocenters. The van der Waals surface area contributed by atoms with E-state index in [-0.39, 0.29) is 35.8 Å². The molecule has 7 heteroatoms. The predicted octanol–water partition coefficient (Wildman–Crippen LogP) is 2.90. The van der Waals surface area contributed by atoms with Crippen LogP contribution in [0.1, 0.15) is 51.1 Å². The third-order valence-electron chi connectivity index (χ3n) is 4.95. The molecular formula is C17H25N3O4. The van der Waals surface area contributed by atoms with Gasteiger partial charge in [-0.3, -0.25) is 10.1 Å². The number of aliphatic hydroxyl groups is 1. The number of carbonyl (C=O) groups excluding carboxylic acids is 1. The highest BCUT2D eigenvalue weighted by atomic mass is 16.6. The van der Waals surface area contributed by atoms with Crippen molar-refractivity contribution in [3.8, 4) is 0 Å². The Bertz CT molecular complexity index is 607. The van der Waals surface area contributed by atoms with E-state index in [1.54, 1.807) is 12.1 Å². The highest BCUT2D eigenvalue weighted by Crippen LogP contribution is 2.37. The number of nitro benzene ring substituents is 1. The van der Waals surface area contributed by atoms with Crippen molar-refractivity contribution in [3.05, 3.63) is 39.9 Å². The number of benzene rings is 1. The molecule has 1 aliphatic rings. The van der Waals surface area contributed by atoms with E-state index in [1.165, 1.54) is 12.1 Å². The molecule has 1 aromatic carbocycles. The van der Waals surface area contributed by atoms with Crippen LogP contribution in [0, 0.1) is 15.5 Å². The lowest BCUT2D eigenvalue weighted by molar-refractivity contribution is -0.384. The fraction of sp³-hybridized carbons (Fsp3) is 0.588. The normalized spacial score (nSPS) is 24.4. The number of aliphatic hydroxyl groups excluding tert-OH is 1. The molecule has 7 nitrogen and oxygen atoms in total. The van der Waals surface area contributed by atoms with Gasteiger partial charge >= 0.3 is 6.03 Å². The summed E-state index contributed by atoms with van der Waals surface area (Å²) in [4.78, 5) is 22.8. The Morgan fingerprint density at radius 3 is 2.92 bits per heavy atom. The van der Waals surface area contributed by atoms with Crippen LogP contribution in [0.5, 0.6) is 0 Å². The molecule has 3 unspecified atom stereocenters. The van der Waals surface area contributed by atoms with Crippen molar-refractivity contribution in [2.24, 2.45) is 5.41 Å². The standard InChI is InChI=1S/C17H25N3O4/c1-3-14(12-6-4-7-13(10-12)20(23)24)18-16(22)19-15-8-5-9-17(15,2)11-21/h4,6-7,10,14-15,21H,3,5,8-9,11H2,1-2H3,(H2,18,19,22). The molecule has 0 bridgehead atoms. The summed E-state index contributed by atoms with van der Waals surface area (Å²) in [6.45, 7) is 3.93. The third-order valence-corrected chi connectivity index (χ3v) is 4.95. The van der Waals surface area contributed by atoms with E-state index >= 15 is 0 Å². The molecule has 0 spiro atoms. The minimum Gasteiger partial charge on any atom is -0.396 e. The van der Waals surface area contributed by atoms with Crippen LogP contribution < -0.4 is 10.6 Å². The maximum atomic E-state index is 12.3. The Morgan fingerprint density at radius 1 is 1.54 bits per heavy atom. The topological polar surface area (TPSA) is 104 Å². The lowest BCUT2D eigenvalue weighted by Crippen LogP contribution is -2.49. The number of hydrogen-bond donors (Lipinski definition) is 3. The van der Waals surface area contributed by atoms with Gasteiger partial charge in [0.25, 0.3) is 5.69 Å². The van der Waals surface area contributed by atoms with Gasteiger partial charge in [-0.15, -0.1) is 0 Å². The van der Waals surface area contributed by atoms with Gasteiger partial charge in [0, 0.05) is 23.6 Å². The maximum absolute atomic E-state index is 12.3. The summed E-state index contributed by atoms with van der Waals surface area (Å²) in [5, 5.41) is 26.3. The van der Waals surface area contributed by atoms with Gasteiger partial charge in [-0.25, -0.2) is 4.79 Å². The van der Waals surface area contributed by atoms with Gasteiger partial charge in [0.15, 0.2) is 0 Å². The molecule has 3 N–H and O–H groups in total. The molecule has 24 heavy (non-hydrogen) atoms. The van der Waals surface area contributed by atoms with Crippen molar-refractivity contribution in [2.75, 3.05) is 6.61 Å². The molecule has 0 heterocycles. The van der Waals surface area contributed by atoms with Gasteiger partial charge in [-0.1, -0.05) is 32.4 Å². The number of nitro groups is 1. The lowest BCUT2D eigenvalue weighted by atomic mass is 9.86. The maximum Gasteiger partial charge on any atom is 0.315 e. The molecule has 1 saturated carbocycles. The molecule has 0 aliphatic heterocycles. The SMILES string of the molecule is CCC(NC(=O)NC1CCCC1(C)CO)c1cccc([N+](=O)[O-])c1. The molecule has 2 rings (SSSR count). The first kappa shape index (κ1) is 18.2. The number of nitrogens with zero attached hydrogens (tertiary/aromatic N) is 1. The van der Waals surface area contributed by atoms with Crippen LogP contribution in [0.15, 0.2) is 24.3 Å². The van der Waals surface area contributed by atoms with Crippen LogP contribution in [0.25, 0.3) is 0 Å². The Balaban J connectivity index is 2.03. The fourth-order valence-electron chi connectivity index (χ4n) is 3.30. The average Bonchev–Trinajstić information content (AvgIpc) is 2.94. The lowest BCUT2D eigenvalue weighted by Gasteiger charge is -2.30. The smallest absolute Gasteiger partial charge is 0.315 e. The third kappa shape index (κ3) is 4.03. The van der Waals surface area contributed by atoms with Crippen molar-refractivity contribution in [3.63, 3.8) is 0 Å². The second kappa shape index (κ2) is 7.61. The number of non-ortho nitro benzene ring substituents is 1. The van der Waals surface area contributed by atoms with E-state index in [1.807, 2.05) is 13.8 Å². The molecule has 1 aromatic rings. The first-order chi connectivity index (χ1) is 11.4. The monoisotopic (exact) mass is 335 g/mol. The van der Waals surface area contributed by atoms with E-state index in [4.69, 9.17) is 0 Å². The van der Waals surface area contributed by atoms with Gasteiger partial charge in [0.2, 0.25) is 0 Å². The molecule has 1 aliphatic carbocycles. The van der Waals surface area contributed by atoms with E-state index in [0.717, 1.165) is 19.3 Å². The second-order valence-electron chi connectivity index (χ2n) is 6.69. The van der Waals surface area contributed by atoms with E-state index in [0.29, 0.717) is 12.0 Å². The zero-order chi connectivity index (χ0) is 17.7. The minimum atomic E-state index is -0.443. The Kier molecular flexibility index (Phi) is 5.77. The van der Waals surface area contributed by atoms with Gasteiger partial charge < -0.3 is 15.7 Å². The predicted molar refractivity (Wildman–Crippen MR) is 90.6 cm³/mol. The molecule has 0 radical (unpaired) electrons. The summed E-state index contributed by atoms with van der Waals surface area (Å²) in [5.74, 6) is 0. The van der Waals surface area contributed by atoms with Crippen molar-refractivity contribution in [2.45, 2.75) is 51.6 Å². The second-order valence-corrected chi connectivity index (χ2v) is 6.69. The zero-order valence-electron chi connectivity index (χ0n) is 14.1. The highest BCUT2D eigenvalue weighted by Gasteiger charge is 2.39. The summed E-state index contributed by atoms with van der Waals surface area (Å²) >= 11 is 0. The molecule has 0 saturated heterocycles. The number of amides is 2. The molecule has 0 aromatic heterocycles. The minimum absolute atomic E-state index is 0.0109. The van der Waals surface area contributed by atoms with Crippen molar-refractivity contribution in [1.29, 1.82) is 0 Å². The first-order valence-corrected chi connectivity index (χ1v) is 8.32. The first-order valence-electron chi connectivity index (χ1n) is 8.32. The zero-order valence-corrected chi connectivity index (χ0v) is 14.1. The average molecular weight is 335 g/mol. The van der Waals surface area contributed by atoms with Crippen molar-refractivity contribution in [1.82, 2.24) is 10.6 Å². The number of nitrogens with one attached hydrogen (secondary N) is 2. The Hall–Kier alpha value is -2.15. The summed E-state index contributed by atoms with van der Waals surface area (Å²) in [7, 11) is 0. The largest absolute Gasteiger partial charge is 0.396 e. The number of carbonyl (C=O) groups is 1. The van der Waals surface area contributed by atoms with E-state index in [2.05, 4.69) is 10.6 Å². The van der Waals surface area contributed by atoms with Gasteiger partial charge in [0.05, 0.1) is 17.6 Å². The summed E-state index contributed by atoms with van der Waals surface area (Å²) in [5.41, 5.74) is 0.430. The molecule has 132 valence electrons. The van der Waals surface area contributed by atoms with Crippen LogP contribution >= 0.6 is 0 Å². The summed E-state index contributed by atoms with van der Waals surface area (Å²) < 4.78 is 0. The van der Waals surface area contributed by atoms with Crippen LogP contribution in [-0.2, 0) is 0 Å². The van der Waals surface area contributed by atoms with Crippen molar-refractivity contribution >= 4 is 11.7 Å². The number of rotatable bonds is 6. The number of hydrogen-bond acceptors (Lipinski definition) is 4. The van der Waals surface area contributed by atoms with Crippen LogP contribution in [0.4, 0.5) is 10.5 Å². The molecule has 2 amide bonds. The Morgan fingerprint density at radius 2 is 2.29 bits per heavy atom. The number of urea groups is 1. The van der Waals surface area contributed by atoms with Crippen LogP contribution in [-0.4, -0.2) is 28.7 Å². The van der Waals surface area contributed by atoms with Crippen LogP contribution in [0.2, 0.25) is 0 Å². The molecule has 1 fully saturated rings. The summed E-state index contributed by atoms with van der Waals surface area (Å²) in [6.07, 6.45) is 3.33. The fourth-order valence-corrected chi connectivity index (χ4v) is 3.30. The quantitative estimate of drug-likeness (QED) is 0.549. The Labute approximate surface area is 141 Å². The van der Waals surface area contributed by atoms with Gasteiger partial charge in [-0.2, -0.15) is 0 Å².